The molecule has 0 aliphatic heterocycles. The van der Waals surface area contributed by atoms with Gasteiger partial charge in [0.2, 0.25) is 5.91 Å². The minimum Gasteiger partial charge on any atom is -0.380 e. The summed E-state index contributed by atoms with van der Waals surface area (Å²) in [7, 11) is 1.59. The zero-order valence-electron chi connectivity index (χ0n) is 14.9. The maximum atomic E-state index is 12.5. The van der Waals surface area contributed by atoms with Crippen molar-refractivity contribution in [2.45, 2.75) is 44.9 Å². The van der Waals surface area contributed by atoms with E-state index in [0.29, 0.717) is 17.9 Å². The molecule has 26 heavy (non-hydrogen) atoms. The van der Waals surface area contributed by atoms with Gasteiger partial charge in [0.1, 0.15) is 6.54 Å². The Kier molecular flexibility index (Phi) is 6.01. The predicted molar refractivity (Wildman–Crippen MR) is 97.7 cm³/mol. The lowest BCUT2D eigenvalue weighted by Gasteiger charge is -2.11. The van der Waals surface area contributed by atoms with E-state index in [4.69, 9.17) is 4.74 Å². The average molecular weight is 356 g/mol. The number of anilines is 1. The fraction of sp³-hybridized carbons (Fsp3) is 0.421. The maximum Gasteiger partial charge on any atom is 0.256 e. The minimum atomic E-state index is -0.229. The van der Waals surface area contributed by atoms with Gasteiger partial charge in [-0.1, -0.05) is 31.0 Å². The molecule has 3 rings (SSSR count). The number of carbonyl (C=O) groups is 2. The highest BCUT2D eigenvalue weighted by Gasteiger charge is 2.17. The zero-order chi connectivity index (χ0) is 18.4. The van der Waals surface area contributed by atoms with E-state index in [0.717, 1.165) is 18.4 Å². The Morgan fingerprint density at radius 1 is 1.27 bits per heavy atom. The van der Waals surface area contributed by atoms with Gasteiger partial charge in [0.25, 0.3) is 5.91 Å². The summed E-state index contributed by atoms with van der Waals surface area (Å²) in [4.78, 5) is 24.6. The molecule has 0 bridgehead atoms. The SMILES string of the molecule is COCc1ccccc1C(=O)Nc1cnn(CC(=O)NC2CCCC2)c1. The Balaban J connectivity index is 1.58. The van der Waals surface area contributed by atoms with Gasteiger partial charge < -0.3 is 15.4 Å². The lowest BCUT2D eigenvalue weighted by molar-refractivity contribution is -0.122. The van der Waals surface area contributed by atoms with Crippen LogP contribution >= 0.6 is 0 Å². The van der Waals surface area contributed by atoms with Crippen molar-refractivity contribution in [2.75, 3.05) is 12.4 Å². The molecule has 7 nitrogen and oxygen atoms in total. The van der Waals surface area contributed by atoms with Crippen LogP contribution in [0.2, 0.25) is 0 Å². The number of hydrogen-bond acceptors (Lipinski definition) is 4. The quantitative estimate of drug-likeness (QED) is 0.797. The van der Waals surface area contributed by atoms with E-state index in [2.05, 4.69) is 15.7 Å². The molecule has 0 radical (unpaired) electrons. The number of nitrogens with zero attached hydrogens (tertiary/aromatic N) is 2. The second kappa shape index (κ2) is 8.62. The first kappa shape index (κ1) is 18.1. The number of benzene rings is 1. The lowest BCUT2D eigenvalue weighted by atomic mass is 10.1. The molecule has 1 heterocycles. The molecule has 1 aromatic heterocycles. The Morgan fingerprint density at radius 3 is 2.81 bits per heavy atom. The van der Waals surface area contributed by atoms with E-state index < -0.39 is 0 Å². The molecule has 7 heteroatoms. The van der Waals surface area contributed by atoms with Crippen LogP contribution in [-0.4, -0.2) is 34.7 Å². The van der Waals surface area contributed by atoms with E-state index in [-0.39, 0.29) is 24.4 Å². The van der Waals surface area contributed by atoms with Crippen molar-refractivity contribution in [2.24, 2.45) is 0 Å². The molecule has 2 amide bonds. The van der Waals surface area contributed by atoms with Crippen LogP contribution in [0.25, 0.3) is 0 Å². The molecule has 1 aliphatic rings. The number of methoxy groups -OCH3 is 1. The first-order chi connectivity index (χ1) is 12.7. The Labute approximate surface area is 152 Å². The monoisotopic (exact) mass is 356 g/mol. The molecule has 138 valence electrons. The van der Waals surface area contributed by atoms with Gasteiger partial charge in [0.15, 0.2) is 0 Å². The van der Waals surface area contributed by atoms with Gasteiger partial charge in [-0.05, 0) is 24.5 Å². The van der Waals surface area contributed by atoms with E-state index in [9.17, 15) is 9.59 Å². The minimum absolute atomic E-state index is 0.0525. The normalized spacial score (nSPS) is 14.3. The predicted octanol–water partition coefficient (Wildman–Crippen LogP) is 2.34. The third-order valence-corrected chi connectivity index (χ3v) is 4.48. The van der Waals surface area contributed by atoms with Crippen molar-refractivity contribution in [1.82, 2.24) is 15.1 Å². The smallest absolute Gasteiger partial charge is 0.256 e. The molecule has 0 spiro atoms. The number of amides is 2. The summed E-state index contributed by atoms with van der Waals surface area (Å²) in [5, 5.41) is 9.99. The highest BCUT2D eigenvalue weighted by molar-refractivity contribution is 6.05. The van der Waals surface area contributed by atoms with E-state index in [1.165, 1.54) is 17.5 Å². The molecule has 2 N–H and O–H groups in total. The van der Waals surface area contributed by atoms with Gasteiger partial charge in [0, 0.05) is 24.9 Å². The fourth-order valence-electron chi connectivity index (χ4n) is 3.23. The molecule has 1 aromatic carbocycles. The first-order valence-corrected chi connectivity index (χ1v) is 8.85. The Morgan fingerprint density at radius 2 is 2.04 bits per heavy atom. The van der Waals surface area contributed by atoms with E-state index >= 15 is 0 Å². The highest BCUT2D eigenvalue weighted by Crippen LogP contribution is 2.17. The molecule has 0 unspecified atom stereocenters. The standard InChI is InChI=1S/C19H24N4O3/c1-26-13-14-6-2-5-9-17(14)19(25)22-16-10-20-23(11-16)12-18(24)21-15-7-3-4-8-15/h2,5-6,9-11,15H,3-4,7-8,12-13H2,1H3,(H,21,24)(H,22,25). The summed E-state index contributed by atoms with van der Waals surface area (Å²) in [6.07, 6.45) is 7.64. The zero-order valence-corrected chi connectivity index (χ0v) is 14.9. The van der Waals surface area contributed by atoms with Crippen LogP contribution in [-0.2, 0) is 22.7 Å². The van der Waals surface area contributed by atoms with Crippen molar-refractivity contribution in [3.05, 3.63) is 47.8 Å². The number of rotatable bonds is 7. The van der Waals surface area contributed by atoms with Gasteiger partial charge in [0.05, 0.1) is 18.5 Å². The van der Waals surface area contributed by atoms with Crippen LogP contribution < -0.4 is 10.6 Å². The topological polar surface area (TPSA) is 85.2 Å². The fourth-order valence-corrected chi connectivity index (χ4v) is 3.23. The lowest BCUT2D eigenvalue weighted by Crippen LogP contribution is -2.35. The summed E-state index contributed by atoms with van der Waals surface area (Å²) in [6, 6.07) is 7.57. The third-order valence-electron chi connectivity index (χ3n) is 4.48. The van der Waals surface area contributed by atoms with Crippen LogP contribution in [0.3, 0.4) is 0 Å². The van der Waals surface area contributed by atoms with Crippen molar-refractivity contribution in [1.29, 1.82) is 0 Å². The van der Waals surface area contributed by atoms with Crippen LogP contribution in [0.4, 0.5) is 5.69 Å². The summed E-state index contributed by atoms with van der Waals surface area (Å²) >= 11 is 0. The van der Waals surface area contributed by atoms with Crippen LogP contribution in [0, 0.1) is 0 Å². The second-order valence-electron chi connectivity index (χ2n) is 6.52. The number of carbonyl (C=O) groups excluding carboxylic acids is 2. The summed E-state index contributed by atoms with van der Waals surface area (Å²) < 4.78 is 6.66. The Hall–Kier alpha value is -2.67. The molecule has 1 aliphatic carbocycles. The van der Waals surface area contributed by atoms with Crippen LogP contribution in [0.1, 0.15) is 41.6 Å². The van der Waals surface area contributed by atoms with Gasteiger partial charge >= 0.3 is 0 Å². The molecule has 0 saturated heterocycles. The molecule has 1 fully saturated rings. The number of hydrogen-bond donors (Lipinski definition) is 2. The molecule has 0 atom stereocenters. The summed E-state index contributed by atoms with van der Waals surface area (Å²) in [5.74, 6) is -0.282. The molecular formula is C19H24N4O3. The van der Waals surface area contributed by atoms with Gasteiger partial charge in [-0.25, -0.2) is 0 Å². The van der Waals surface area contributed by atoms with Gasteiger partial charge in [-0.3, -0.25) is 14.3 Å². The highest BCUT2D eigenvalue weighted by atomic mass is 16.5. The molecule has 2 aromatic rings. The van der Waals surface area contributed by atoms with Gasteiger partial charge in [-0.15, -0.1) is 0 Å². The largest absolute Gasteiger partial charge is 0.380 e. The summed E-state index contributed by atoms with van der Waals surface area (Å²) in [6.45, 7) is 0.511. The van der Waals surface area contributed by atoms with Crippen molar-refractivity contribution >= 4 is 17.5 Å². The third kappa shape index (κ3) is 4.70. The van der Waals surface area contributed by atoms with Crippen molar-refractivity contribution in [3.8, 4) is 0 Å². The van der Waals surface area contributed by atoms with Crippen molar-refractivity contribution < 1.29 is 14.3 Å². The van der Waals surface area contributed by atoms with Crippen LogP contribution in [0.15, 0.2) is 36.7 Å². The van der Waals surface area contributed by atoms with Crippen LogP contribution in [0.5, 0.6) is 0 Å². The molecule has 1 saturated carbocycles. The Bertz CT molecular complexity index is 766. The summed E-state index contributed by atoms with van der Waals surface area (Å²) in [5.41, 5.74) is 1.92. The van der Waals surface area contributed by atoms with E-state index in [1.54, 1.807) is 25.6 Å². The average Bonchev–Trinajstić information content (AvgIpc) is 3.28. The maximum absolute atomic E-state index is 12.5. The van der Waals surface area contributed by atoms with Gasteiger partial charge in [-0.2, -0.15) is 5.10 Å². The number of aromatic nitrogens is 2. The first-order valence-electron chi connectivity index (χ1n) is 8.85. The van der Waals surface area contributed by atoms with Crippen molar-refractivity contribution in [3.63, 3.8) is 0 Å². The number of ether oxygens (including phenoxy) is 1. The van der Waals surface area contributed by atoms with E-state index in [1.807, 2.05) is 18.2 Å². The number of nitrogens with one attached hydrogen (secondary N) is 2. The molecular weight excluding hydrogens is 332 g/mol. The second-order valence-corrected chi connectivity index (χ2v) is 6.52.